The predicted octanol–water partition coefficient (Wildman–Crippen LogP) is 4.80. The number of carbonyl (C=O) groups is 1. The van der Waals surface area contributed by atoms with Gasteiger partial charge in [-0.15, -0.1) is 11.3 Å². The molecular weight excluding hydrogens is 462 g/mol. The number of aromatic nitrogens is 1. The van der Waals surface area contributed by atoms with Crippen LogP contribution in [-0.2, 0) is 14.8 Å². The van der Waals surface area contributed by atoms with E-state index in [9.17, 15) is 13.2 Å². The summed E-state index contributed by atoms with van der Waals surface area (Å²) >= 11 is 1.50. The van der Waals surface area contributed by atoms with E-state index in [1.54, 1.807) is 24.4 Å². The summed E-state index contributed by atoms with van der Waals surface area (Å²) in [4.78, 5) is 16.6. The SMILES string of the molecule is CC(C)Oc1ccc(-c2cnc([C@H]3CC[C@H](OC(N)=O)CC3)s2)c(S(=O)(=O)NC(C)(C)C)c1. The minimum atomic E-state index is -3.80. The van der Waals surface area contributed by atoms with Crippen LogP contribution in [0, 0.1) is 0 Å². The quantitative estimate of drug-likeness (QED) is 0.569. The number of nitrogens with one attached hydrogen (secondary N) is 1. The highest BCUT2D eigenvalue weighted by Gasteiger charge is 2.29. The monoisotopic (exact) mass is 495 g/mol. The molecule has 0 aliphatic heterocycles. The van der Waals surface area contributed by atoms with Crippen molar-refractivity contribution >= 4 is 27.5 Å². The van der Waals surface area contributed by atoms with Crippen molar-refractivity contribution < 1.29 is 22.7 Å². The molecule has 0 unspecified atom stereocenters. The molecule has 182 valence electrons. The number of sulfonamides is 1. The summed E-state index contributed by atoms with van der Waals surface area (Å²) in [6.45, 7) is 9.22. The molecular formula is C23H33N3O5S2. The van der Waals surface area contributed by atoms with Gasteiger partial charge < -0.3 is 15.2 Å². The number of hydrogen-bond acceptors (Lipinski definition) is 7. The first-order valence-corrected chi connectivity index (χ1v) is 13.4. The number of primary amides is 1. The molecule has 2 aromatic rings. The van der Waals surface area contributed by atoms with Crippen molar-refractivity contribution in [2.24, 2.45) is 5.73 Å². The van der Waals surface area contributed by atoms with E-state index in [0.717, 1.165) is 35.6 Å². The third-order valence-corrected chi connectivity index (χ3v) is 8.14. The van der Waals surface area contributed by atoms with Crippen LogP contribution >= 0.6 is 11.3 Å². The average Bonchev–Trinajstić information content (AvgIpc) is 3.16. The minimum absolute atomic E-state index is 0.0781. The Morgan fingerprint density at radius 1 is 1.21 bits per heavy atom. The van der Waals surface area contributed by atoms with Crippen molar-refractivity contribution in [2.75, 3.05) is 0 Å². The van der Waals surface area contributed by atoms with Crippen molar-refractivity contribution in [2.45, 2.75) is 88.9 Å². The molecule has 1 aliphatic carbocycles. The van der Waals surface area contributed by atoms with Crippen LogP contribution in [0.5, 0.6) is 5.75 Å². The van der Waals surface area contributed by atoms with Gasteiger partial charge in [-0.25, -0.2) is 22.9 Å². The van der Waals surface area contributed by atoms with Gasteiger partial charge in [0.1, 0.15) is 11.9 Å². The highest BCUT2D eigenvalue weighted by Crippen LogP contribution is 2.40. The second-order valence-corrected chi connectivity index (χ2v) is 12.4. The lowest BCUT2D eigenvalue weighted by molar-refractivity contribution is 0.0787. The van der Waals surface area contributed by atoms with Gasteiger partial charge in [0.05, 0.1) is 20.9 Å². The minimum Gasteiger partial charge on any atom is -0.491 e. The fraction of sp³-hybridized carbons (Fsp3) is 0.565. The van der Waals surface area contributed by atoms with Crippen LogP contribution in [0.2, 0.25) is 0 Å². The molecule has 1 saturated carbocycles. The Bertz CT molecular complexity index is 1080. The maximum Gasteiger partial charge on any atom is 0.404 e. The Morgan fingerprint density at radius 2 is 1.88 bits per heavy atom. The van der Waals surface area contributed by atoms with Gasteiger partial charge in [0.25, 0.3) is 0 Å². The number of thiazole rings is 1. The molecule has 1 amide bonds. The van der Waals surface area contributed by atoms with Crippen molar-refractivity contribution in [1.82, 2.24) is 9.71 Å². The van der Waals surface area contributed by atoms with E-state index in [4.69, 9.17) is 15.2 Å². The van der Waals surface area contributed by atoms with Crippen LogP contribution in [0.4, 0.5) is 4.79 Å². The van der Waals surface area contributed by atoms with Gasteiger partial charge in [0.15, 0.2) is 0 Å². The molecule has 0 saturated heterocycles. The summed E-state index contributed by atoms with van der Waals surface area (Å²) in [6.07, 6.45) is 3.92. The molecule has 1 aromatic carbocycles. The highest BCUT2D eigenvalue weighted by molar-refractivity contribution is 7.89. The second kappa shape index (κ2) is 9.99. The number of carbonyl (C=O) groups excluding carboxylic acids is 1. The van der Waals surface area contributed by atoms with Gasteiger partial charge in [-0.3, -0.25) is 0 Å². The van der Waals surface area contributed by atoms with Gasteiger partial charge in [0, 0.05) is 29.3 Å². The third kappa shape index (κ3) is 6.91. The van der Waals surface area contributed by atoms with Crippen LogP contribution in [0.15, 0.2) is 29.3 Å². The van der Waals surface area contributed by atoms with E-state index in [1.807, 2.05) is 34.6 Å². The molecule has 1 heterocycles. The number of amides is 1. The van der Waals surface area contributed by atoms with E-state index in [2.05, 4.69) is 9.71 Å². The summed E-state index contributed by atoms with van der Waals surface area (Å²) in [5.74, 6) is 0.744. The Morgan fingerprint density at radius 3 is 2.45 bits per heavy atom. The first-order chi connectivity index (χ1) is 15.3. The fourth-order valence-electron chi connectivity index (χ4n) is 3.92. The molecule has 1 aromatic heterocycles. The fourth-order valence-corrected chi connectivity index (χ4v) is 6.77. The van der Waals surface area contributed by atoms with Gasteiger partial charge >= 0.3 is 6.09 Å². The number of nitrogens with two attached hydrogens (primary N) is 1. The van der Waals surface area contributed by atoms with Crippen molar-refractivity contribution in [3.8, 4) is 16.2 Å². The van der Waals surface area contributed by atoms with Gasteiger partial charge in [0.2, 0.25) is 10.0 Å². The van der Waals surface area contributed by atoms with E-state index < -0.39 is 21.7 Å². The molecule has 0 spiro atoms. The van der Waals surface area contributed by atoms with Crippen LogP contribution in [0.1, 0.15) is 71.2 Å². The van der Waals surface area contributed by atoms with E-state index in [1.165, 1.54) is 11.3 Å². The van der Waals surface area contributed by atoms with Crippen molar-refractivity contribution in [1.29, 1.82) is 0 Å². The zero-order valence-corrected chi connectivity index (χ0v) is 21.4. The lowest BCUT2D eigenvalue weighted by atomic mass is 9.88. The third-order valence-electron chi connectivity index (χ3n) is 5.15. The largest absolute Gasteiger partial charge is 0.491 e. The number of benzene rings is 1. The van der Waals surface area contributed by atoms with Gasteiger partial charge in [-0.1, -0.05) is 0 Å². The molecule has 8 nitrogen and oxygen atoms in total. The standard InChI is InChI=1S/C23H33N3O5S2/c1-14(2)30-17-10-11-18(20(12-17)33(28,29)26-23(3,4)5)19-13-25-21(32-19)15-6-8-16(9-7-15)31-22(24)27/h10-16,26H,6-9H2,1-5H3,(H2,24,27)/t15-,16-. The maximum absolute atomic E-state index is 13.3. The molecule has 0 bridgehead atoms. The predicted molar refractivity (Wildman–Crippen MR) is 129 cm³/mol. The molecule has 3 rings (SSSR count). The van der Waals surface area contributed by atoms with Crippen LogP contribution in [0.3, 0.4) is 0 Å². The summed E-state index contributed by atoms with van der Waals surface area (Å²) in [6, 6.07) is 5.15. The smallest absolute Gasteiger partial charge is 0.404 e. The number of hydrogen-bond donors (Lipinski definition) is 2. The Kier molecular flexibility index (Phi) is 7.70. The van der Waals surface area contributed by atoms with Crippen molar-refractivity contribution in [3.05, 3.63) is 29.4 Å². The second-order valence-electron chi connectivity index (χ2n) is 9.65. The van der Waals surface area contributed by atoms with Gasteiger partial charge in [-0.05, 0) is 72.4 Å². The number of ether oxygens (including phenoxy) is 2. The molecule has 0 radical (unpaired) electrons. The summed E-state index contributed by atoms with van der Waals surface area (Å²) < 4.78 is 40.2. The van der Waals surface area contributed by atoms with Crippen LogP contribution in [-0.4, -0.2) is 37.2 Å². The van der Waals surface area contributed by atoms with E-state index in [-0.39, 0.29) is 23.0 Å². The molecule has 3 N–H and O–H groups in total. The van der Waals surface area contributed by atoms with Crippen LogP contribution < -0.4 is 15.2 Å². The zero-order valence-electron chi connectivity index (χ0n) is 19.8. The summed E-state index contributed by atoms with van der Waals surface area (Å²) in [5, 5.41) is 0.956. The van der Waals surface area contributed by atoms with Crippen molar-refractivity contribution in [3.63, 3.8) is 0 Å². The van der Waals surface area contributed by atoms with E-state index in [0.29, 0.717) is 11.3 Å². The lowest BCUT2D eigenvalue weighted by Crippen LogP contribution is -2.40. The normalized spacial score (nSPS) is 19.5. The van der Waals surface area contributed by atoms with Crippen LogP contribution in [0.25, 0.3) is 10.4 Å². The Hall–Kier alpha value is -2.17. The molecule has 10 heteroatoms. The summed E-state index contributed by atoms with van der Waals surface area (Å²) in [5.41, 5.74) is 5.09. The Labute approximate surface area is 199 Å². The van der Waals surface area contributed by atoms with E-state index >= 15 is 0 Å². The first kappa shape index (κ1) is 25.5. The number of nitrogens with zero attached hydrogens (tertiary/aromatic N) is 1. The number of rotatable bonds is 7. The zero-order chi connectivity index (χ0) is 24.4. The lowest BCUT2D eigenvalue weighted by Gasteiger charge is -2.26. The topological polar surface area (TPSA) is 121 Å². The average molecular weight is 496 g/mol. The molecule has 33 heavy (non-hydrogen) atoms. The Balaban J connectivity index is 1.90. The maximum atomic E-state index is 13.3. The highest BCUT2D eigenvalue weighted by atomic mass is 32.2. The molecule has 1 aliphatic rings. The first-order valence-electron chi connectivity index (χ1n) is 11.1. The molecule has 1 fully saturated rings. The van der Waals surface area contributed by atoms with Gasteiger partial charge in [-0.2, -0.15) is 0 Å². The summed E-state index contributed by atoms with van der Waals surface area (Å²) in [7, 11) is -3.80. The molecule has 0 atom stereocenters.